The molecule has 22 heavy (non-hydrogen) atoms. The Hall–Kier alpha value is -1.92. The minimum Gasteiger partial charge on any atom is -0.352 e. The number of halogens is 1. The van der Waals surface area contributed by atoms with Crippen LogP contribution in [0.5, 0.6) is 0 Å². The summed E-state index contributed by atoms with van der Waals surface area (Å²) in [4.78, 5) is 17.7. The van der Waals surface area contributed by atoms with Gasteiger partial charge >= 0.3 is 0 Å². The molecule has 0 radical (unpaired) electrons. The molecule has 3 aromatic rings. The summed E-state index contributed by atoms with van der Waals surface area (Å²) in [5.74, 6) is 1.90. The molecule has 7 heteroatoms. The zero-order valence-electron chi connectivity index (χ0n) is 11.8. The summed E-state index contributed by atoms with van der Waals surface area (Å²) >= 11 is 7.93. The number of piperazine rings is 1. The van der Waals surface area contributed by atoms with Gasteiger partial charge in [0.25, 0.3) is 0 Å². The highest BCUT2D eigenvalue weighted by Crippen LogP contribution is 2.29. The van der Waals surface area contributed by atoms with Crippen LogP contribution in [0.25, 0.3) is 10.2 Å². The molecule has 0 bridgehead atoms. The molecule has 1 fully saturated rings. The van der Waals surface area contributed by atoms with Gasteiger partial charge in [-0.05, 0) is 23.6 Å². The van der Waals surface area contributed by atoms with Crippen molar-refractivity contribution in [2.75, 3.05) is 36.0 Å². The van der Waals surface area contributed by atoms with Crippen LogP contribution < -0.4 is 9.80 Å². The van der Waals surface area contributed by atoms with Crippen molar-refractivity contribution in [2.24, 2.45) is 0 Å². The first kappa shape index (κ1) is 13.7. The molecule has 0 saturated carbocycles. The number of hydrogen-bond donors (Lipinski definition) is 0. The van der Waals surface area contributed by atoms with E-state index in [1.54, 1.807) is 23.9 Å². The molecule has 0 atom stereocenters. The lowest BCUT2D eigenvalue weighted by molar-refractivity contribution is 0.643. The van der Waals surface area contributed by atoms with Crippen molar-refractivity contribution in [1.29, 1.82) is 0 Å². The maximum Gasteiger partial charge on any atom is 0.150 e. The molecule has 0 N–H and O–H groups in total. The van der Waals surface area contributed by atoms with E-state index < -0.39 is 0 Å². The Kier molecular flexibility index (Phi) is 3.56. The Morgan fingerprint density at radius 1 is 0.955 bits per heavy atom. The van der Waals surface area contributed by atoms with Crippen LogP contribution in [0.3, 0.4) is 0 Å². The average molecular weight is 332 g/mol. The Bertz CT molecular complexity index is 797. The van der Waals surface area contributed by atoms with Crippen LogP contribution in [0.15, 0.2) is 36.1 Å². The summed E-state index contributed by atoms with van der Waals surface area (Å²) in [6.07, 6.45) is 3.43. The Labute approximate surface area is 137 Å². The zero-order chi connectivity index (χ0) is 14.9. The van der Waals surface area contributed by atoms with Gasteiger partial charge < -0.3 is 9.80 Å². The molecule has 0 spiro atoms. The fraction of sp³-hybridized carbons (Fsp3) is 0.267. The predicted octanol–water partition coefficient (Wildman–Crippen LogP) is 3.07. The zero-order valence-corrected chi connectivity index (χ0v) is 13.4. The van der Waals surface area contributed by atoms with Gasteiger partial charge in [0.05, 0.1) is 15.2 Å². The molecule has 112 valence electrons. The summed E-state index contributed by atoms with van der Waals surface area (Å²) in [5.41, 5.74) is 1.02. The fourth-order valence-electron chi connectivity index (χ4n) is 2.74. The van der Waals surface area contributed by atoms with Crippen molar-refractivity contribution < 1.29 is 0 Å². The smallest absolute Gasteiger partial charge is 0.150 e. The largest absolute Gasteiger partial charge is 0.352 e. The molecule has 1 aliphatic rings. The van der Waals surface area contributed by atoms with Gasteiger partial charge in [-0.1, -0.05) is 11.6 Å². The van der Waals surface area contributed by atoms with Gasteiger partial charge in [-0.15, -0.1) is 11.3 Å². The molecule has 0 aromatic carbocycles. The Morgan fingerprint density at radius 3 is 2.50 bits per heavy atom. The third-order valence-electron chi connectivity index (χ3n) is 3.84. The van der Waals surface area contributed by atoms with E-state index in [4.69, 9.17) is 11.6 Å². The van der Waals surface area contributed by atoms with E-state index in [2.05, 4.69) is 30.1 Å². The third kappa shape index (κ3) is 2.38. The summed E-state index contributed by atoms with van der Waals surface area (Å²) in [6.45, 7) is 3.56. The topological polar surface area (TPSA) is 45.2 Å². The molecule has 5 nitrogen and oxygen atoms in total. The number of hydrogen-bond acceptors (Lipinski definition) is 6. The van der Waals surface area contributed by atoms with Crippen LogP contribution in [0.1, 0.15) is 0 Å². The lowest BCUT2D eigenvalue weighted by Gasteiger charge is -2.36. The molecule has 3 aromatic heterocycles. The van der Waals surface area contributed by atoms with Gasteiger partial charge in [-0.3, -0.25) is 0 Å². The number of rotatable bonds is 2. The van der Waals surface area contributed by atoms with Crippen molar-refractivity contribution >= 4 is 44.8 Å². The van der Waals surface area contributed by atoms with E-state index >= 15 is 0 Å². The van der Waals surface area contributed by atoms with Gasteiger partial charge in [0.1, 0.15) is 18.0 Å². The number of anilines is 2. The number of nitrogens with zero attached hydrogens (tertiary/aromatic N) is 5. The second kappa shape index (κ2) is 5.70. The van der Waals surface area contributed by atoms with Gasteiger partial charge in [-0.2, -0.15) is 0 Å². The lowest BCUT2D eigenvalue weighted by atomic mass is 10.3. The quantitative estimate of drug-likeness (QED) is 0.722. The summed E-state index contributed by atoms with van der Waals surface area (Å²) in [5, 5.41) is 2.77. The number of pyridine rings is 1. The predicted molar refractivity (Wildman–Crippen MR) is 91.1 cm³/mol. The van der Waals surface area contributed by atoms with Crippen molar-refractivity contribution in [2.45, 2.75) is 0 Å². The van der Waals surface area contributed by atoms with Gasteiger partial charge in [0.15, 0.2) is 0 Å². The van der Waals surface area contributed by atoms with Crippen LogP contribution >= 0.6 is 22.9 Å². The van der Waals surface area contributed by atoms with Gasteiger partial charge in [-0.25, -0.2) is 15.0 Å². The first-order valence-corrected chi connectivity index (χ1v) is 8.37. The van der Waals surface area contributed by atoms with Crippen molar-refractivity contribution in [3.05, 3.63) is 41.1 Å². The maximum absolute atomic E-state index is 6.24. The van der Waals surface area contributed by atoms with Crippen LogP contribution in [0.4, 0.5) is 11.6 Å². The number of aromatic nitrogens is 3. The SMILES string of the molecule is Clc1cccnc1N1CCN(c2ncnc3ccsc23)CC1. The number of thiophene rings is 1. The molecule has 0 unspecified atom stereocenters. The van der Waals surface area contributed by atoms with E-state index in [0.29, 0.717) is 5.02 Å². The van der Waals surface area contributed by atoms with E-state index in [-0.39, 0.29) is 0 Å². The second-order valence-electron chi connectivity index (χ2n) is 5.12. The average Bonchev–Trinajstić information content (AvgIpc) is 3.04. The van der Waals surface area contributed by atoms with E-state index in [9.17, 15) is 0 Å². The van der Waals surface area contributed by atoms with Crippen LogP contribution in [0, 0.1) is 0 Å². The van der Waals surface area contributed by atoms with Crippen LogP contribution in [-0.2, 0) is 0 Å². The highest BCUT2D eigenvalue weighted by atomic mass is 35.5. The molecule has 1 saturated heterocycles. The Morgan fingerprint density at radius 2 is 1.73 bits per heavy atom. The van der Waals surface area contributed by atoms with Crippen LogP contribution in [0.2, 0.25) is 5.02 Å². The third-order valence-corrected chi connectivity index (χ3v) is 5.04. The summed E-state index contributed by atoms with van der Waals surface area (Å²) in [7, 11) is 0. The Balaban J connectivity index is 1.55. The molecule has 1 aliphatic heterocycles. The van der Waals surface area contributed by atoms with Crippen LogP contribution in [-0.4, -0.2) is 41.1 Å². The van der Waals surface area contributed by atoms with Gasteiger partial charge in [0, 0.05) is 32.4 Å². The minimum absolute atomic E-state index is 0.707. The van der Waals surface area contributed by atoms with Crippen molar-refractivity contribution in [1.82, 2.24) is 15.0 Å². The van der Waals surface area contributed by atoms with E-state index in [1.807, 2.05) is 18.2 Å². The monoisotopic (exact) mass is 331 g/mol. The number of fused-ring (bicyclic) bond motifs is 1. The highest BCUT2D eigenvalue weighted by Gasteiger charge is 2.22. The lowest BCUT2D eigenvalue weighted by Crippen LogP contribution is -2.47. The molecular formula is C15H14ClN5S. The molecule has 4 heterocycles. The highest BCUT2D eigenvalue weighted by molar-refractivity contribution is 7.17. The van der Waals surface area contributed by atoms with E-state index in [0.717, 1.165) is 48.0 Å². The first-order chi connectivity index (χ1) is 10.8. The van der Waals surface area contributed by atoms with Crippen molar-refractivity contribution in [3.63, 3.8) is 0 Å². The molecule has 0 aliphatic carbocycles. The maximum atomic E-state index is 6.24. The molecule has 4 rings (SSSR count). The molecular weight excluding hydrogens is 318 g/mol. The van der Waals surface area contributed by atoms with Gasteiger partial charge in [0.2, 0.25) is 0 Å². The first-order valence-electron chi connectivity index (χ1n) is 7.11. The summed E-state index contributed by atoms with van der Waals surface area (Å²) in [6, 6.07) is 5.78. The minimum atomic E-state index is 0.707. The normalized spacial score (nSPS) is 15.5. The second-order valence-corrected chi connectivity index (χ2v) is 6.44. The standard InChI is InChI=1S/C15H14ClN5S/c16-11-2-1-4-17-14(11)20-5-7-21(8-6-20)15-13-12(3-9-22-13)18-10-19-15/h1-4,9-10H,5-8H2. The fourth-order valence-corrected chi connectivity index (χ4v) is 3.84. The molecule has 0 amide bonds. The van der Waals surface area contributed by atoms with E-state index in [1.165, 1.54) is 0 Å². The summed E-state index contributed by atoms with van der Waals surface area (Å²) < 4.78 is 1.16. The van der Waals surface area contributed by atoms with Crippen molar-refractivity contribution in [3.8, 4) is 0 Å².